The van der Waals surface area contributed by atoms with Crippen molar-refractivity contribution >= 4 is 12.1 Å². The summed E-state index contributed by atoms with van der Waals surface area (Å²) in [5.74, 6) is 0.531. The SMILES string of the molecule is CC1=CCC(C(C)C)=NC=N1. The van der Waals surface area contributed by atoms with E-state index in [0.29, 0.717) is 5.92 Å². The highest BCUT2D eigenvalue weighted by Crippen LogP contribution is 2.08. The van der Waals surface area contributed by atoms with Gasteiger partial charge in [0.2, 0.25) is 0 Å². The molecule has 0 aliphatic carbocycles. The molecular weight excluding hydrogens is 136 g/mol. The fraction of sp³-hybridized carbons (Fsp3) is 0.556. The van der Waals surface area contributed by atoms with Crippen molar-refractivity contribution in [2.24, 2.45) is 15.9 Å². The highest BCUT2D eigenvalue weighted by molar-refractivity contribution is 5.93. The summed E-state index contributed by atoms with van der Waals surface area (Å²) in [7, 11) is 0. The van der Waals surface area contributed by atoms with Gasteiger partial charge in [0.25, 0.3) is 0 Å². The first-order chi connectivity index (χ1) is 5.20. The second-order valence-electron chi connectivity index (χ2n) is 3.07. The van der Waals surface area contributed by atoms with Crippen LogP contribution in [0.4, 0.5) is 0 Å². The van der Waals surface area contributed by atoms with Gasteiger partial charge in [-0.2, -0.15) is 0 Å². The van der Waals surface area contributed by atoms with Gasteiger partial charge >= 0.3 is 0 Å². The van der Waals surface area contributed by atoms with E-state index in [1.54, 1.807) is 6.34 Å². The van der Waals surface area contributed by atoms with E-state index in [-0.39, 0.29) is 0 Å². The average molecular weight is 150 g/mol. The van der Waals surface area contributed by atoms with Crippen molar-refractivity contribution in [2.45, 2.75) is 27.2 Å². The summed E-state index contributed by atoms with van der Waals surface area (Å²) in [4.78, 5) is 8.35. The largest absolute Gasteiger partial charge is 0.245 e. The molecule has 1 rings (SSSR count). The van der Waals surface area contributed by atoms with Crippen LogP contribution in [0.3, 0.4) is 0 Å². The van der Waals surface area contributed by atoms with Crippen molar-refractivity contribution in [3.8, 4) is 0 Å². The summed E-state index contributed by atoms with van der Waals surface area (Å²) in [6.45, 7) is 6.30. The van der Waals surface area contributed by atoms with Gasteiger partial charge in [0.05, 0.1) is 0 Å². The third kappa shape index (κ3) is 2.30. The monoisotopic (exact) mass is 150 g/mol. The maximum atomic E-state index is 4.25. The normalized spacial score (nSPS) is 17.8. The topological polar surface area (TPSA) is 24.7 Å². The zero-order valence-electron chi connectivity index (χ0n) is 7.33. The zero-order valence-corrected chi connectivity index (χ0v) is 7.33. The van der Waals surface area contributed by atoms with Crippen LogP contribution in [0, 0.1) is 5.92 Å². The third-order valence-electron chi connectivity index (χ3n) is 1.76. The molecule has 0 aromatic rings. The summed E-state index contributed by atoms with van der Waals surface area (Å²) in [5, 5.41) is 0. The molecule has 0 atom stereocenters. The molecule has 0 amide bonds. The van der Waals surface area contributed by atoms with Gasteiger partial charge in [0.15, 0.2) is 0 Å². The van der Waals surface area contributed by atoms with Crippen LogP contribution < -0.4 is 0 Å². The molecule has 2 nitrogen and oxygen atoms in total. The van der Waals surface area contributed by atoms with Crippen LogP contribution in [-0.4, -0.2) is 12.1 Å². The number of aliphatic imine (C=N–C) groups is 2. The Balaban J connectivity index is 2.73. The Morgan fingerprint density at radius 2 is 2.18 bits per heavy atom. The average Bonchev–Trinajstić information content (AvgIpc) is 2.13. The maximum absolute atomic E-state index is 4.25. The van der Waals surface area contributed by atoms with Gasteiger partial charge in [0, 0.05) is 17.8 Å². The molecule has 0 saturated carbocycles. The molecule has 0 fully saturated rings. The molecule has 1 aliphatic rings. The summed E-state index contributed by atoms with van der Waals surface area (Å²) in [6.07, 6.45) is 4.71. The van der Waals surface area contributed by atoms with Gasteiger partial charge in [-0.1, -0.05) is 19.9 Å². The Hall–Kier alpha value is -0.920. The molecule has 0 saturated heterocycles. The molecule has 11 heavy (non-hydrogen) atoms. The van der Waals surface area contributed by atoms with Crippen LogP contribution in [0.2, 0.25) is 0 Å². The van der Waals surface area contributed by atoms with E-state index in [2.05, 4.69) is 29.9 Å². The fourth-order valence-corrected chi connectivity index (χ4v) is 0.937. The number of allylic oxidation sites excluding steroid dienone is 2. The lowest BCUT2D eigenvalue weighted by Crippen LogP contribution is -2.05. The van der Waals surface area contributed by atoms with Crippen LogP contribution in [0.1, 0.15) is 27.2 Å². The second-order valence-corrected chi connectivity index (χ2v) is 3.07. The Labute approximate surface area is 67.8 Å². The van der Waals surface area contributed by atoms with Gasteiger partial charge in [-0.25, -0.2) is 9.98 Å². The van der Waals surface area contributed by atoms with E-state index in [9.17, 15) is 0 Å². The van der Waals surface area contributed by atoms with Crippen molar-refractivity contribution in [3.63, 3.8) is 0 Å². The lowest BCUT2D eigenvalue weighted by atomic mass is 10.1. The number of nitrogens with zero attached hydrogens (tertiary/aromatic N) is 2. The molecule has 1 heterocycles. The molecule has 1 aliphatic heterocycles. The molecular formula is C9H14N2. The van der Waals surface area contributed by atoms with Gasteiger partial charge in [-0.3, -0.25) is 0 Å². The van der Waals surface area contributed by atoms with Crippen molar-refractivity contribution < 1.29 is 0 Å². The summed E-state index contributed by atoms with van der Waals surface area (Å²) >= 11 is 0. The highest BCUT2D eigenvalue weighted by atomic mass is 14.9. The Bertz CT molecular complexity index is 219. The smallest absolute Gasteiger partial charge is 0.115 e. The first kappa shape index (κ1) is 8.18. The summed E-state index contributed by atoms with van der Waals surface area (Å²) in [5.41, 5.74) is 2.27. The number of hydrogen-bond acceptors (Lipinski definition) is 2. The molecule has 0 spiro atoms. The van der Waals surface area contributed by atoms with Crippen LogP contribution in [0.15, 0.2) is 21.8 Å². The quantitative estimate of drug-likeness (QED) is 0.548. The molecule has 0 radical (unpaired) electrons. The van der Waals surface area contributed by atoms with E-state index < -0.39 is 0 Å². The minimum atomic E-state index is 0.531. The number of hydrogen-bond donors (Lipinski definition) is 0. The van der Waals surface area contributed by atoms with Crippen LogP contribution in [0.25, 0.3) is 0 Å². The molecule has 2 heteroatoms. The predicted molar refractivity (Wildman–Crippen MR) is 49.1 cm³/mol. The minimum Gasteiger partial charge on any atom is -0.245 e. The Morgan fingerprint density at radius 3 is 2.82 bits per heavy atom. The van der Waals surface area contributed by atoms with E-state index in [1.807, 2.05) is 6.92 Å². The van der Waals surface area contributed by atoms with E-state index in [4.69, 9.17) is 0 Å². The van der Waals surface area contributed by atoms with Gasteiger partial charge < -0.3 is 0 Å². The van der Waals surface area contributed by atoms with E-state index >= 15 is 0 Å². The zero-order chi connectivity index (χ0) is 8.27. The van der Waals surface area contributed by atoms with Gasteiger partial charge in [0.1, 0.15) is 6.34 Å². The third-order valence-corrected chi connectivity index (χ3v) is 1.76. The van der Waals surface area contributed by atoms with Crippen molar-refractivity contribution in [3.05, 3.63) is 11.8 Å². The molecule has 0 bridgehead atoms. The second kappa shape index (κ2) is 3.46. The summed E-state index contributed by atoms with van der Waals surface area (Å²) < 4.78 is 0. The molecule has 0 aromatic heterocycles. The standard InChI is InChI=1S/C9H14N2/c1-7(2)9-5-4-8(3)10-6-11-9/h4,6-7H,5H2,1-3H3. The molecule has 0 aromatic carbocycles. The van der Waals surface area contributed by atoms with Crippen molar-refractivity contribution in [1.29, 1.82) is 0 Å². The van der Waals surface area contributed by atoms with Crippen molar-refractivity contribution in [2.75, 3.05) is 0 Å². The first-order valence-corrected chi connectivity index (χ1v) is 3.96. The van der Waals surface area contributed by atoms with Crippen LogP contribution in [0.5, 0.6) is 0 Å². The minimum absolute atomic E-state index is 0.531. The fourth-order valence-electron chi connectivity index (χ4n) is 0.937. The van der Waals surface area contributed by atoms with E-state index in [0.717, 1.165) is 12.1 Å². The Morgan fingerprint density at radius 1 is 1.45 bits per heavy atom. The maximum Gasteiger partial charge on any atom is 0.115 e. The first-order valence-electron chi connectivity index (χ1n) is 3.96. The van der Waals surface area contributed by atoms with Crippen molar-refractivity contribution in [1.82, 2.24) is 0 Å². The lowest BCUT2D eigenvalue weighted by molar-refractivity contribution is 0.870. The van der Waals surface area contributed by atoms with E-state index in [1.165, 1.54) is 5.71 Å². The van der Waals surface area contributed by atoms with Gasteiger partial charge in [-0.15, -0.1) is 0 Å². The number of rotatable bonds is 1. The molecule has 0 unspecified atom stereocenters. The lowest BCUT2D eigenvalue weighted by Gasteiger charge is -2.03. The summed E-state index contributed by atoms with van der Waals surface area (Å²) in [6, 6.07) is 0. The van der Waals surface area contributed by atoms with Crippen LogP contribution in [-0.2, 0) is 0 Å². The predicted octanol–water partition coefficient (Wildman–Crippen LogP) is 2.42. The van der Waals surface area contributed by atoms with Gasteiger partial charge in [-0.05, 0) is 12.8 Å². The Kier molecular flexibility index (Phi) is 2.58. The molecule has 0 N–H and O–H groups in total. The highest BCUT2D eigenvalue weighted by Gasteiger charge is 2.03. The molecule has 60 valence electrons. The van der Waals surface area contributed by atoms with Crippen LogP contribution >= 0.6 is 0 Å².